The fraction of sp³-hybridized carbons (Fsp3) is 0.385. The molecule has 1 aromatic rings. The van der Waals surface area contributed by atoms with Gasteiger partial charge in [0.15, 0.2) is 0 Å². The van der Waals surface area contributed by atoms with Crippen LogP contribution in [-0.2, 0) is 11.0 Å². The van der Waals surface area contributed by atoms with E-state index in [1.165, 1.54) is 0 Å². The smallest absolute Gasteiger partial charge is 0.417 e. The number of hydrogen-bond donors (Lipinski definition) is 2. The lowest BCUT2D eigenvalue weighted by atomic mass is 10.2. The minimum absolute atomic E-state index is 0.124. The summed E-state index contributed by atoms with van der Waals surface area (Å²) in [7, 11) is 0. The molecule has 0 saturated carbocycles. The van der Waals surface area contributed by atoms with Crippen molar-refractivity contribution in [2.75, 3.05) is 6.54 Å². The number of halogens is 4. The van der Waals surface area contributed by atoms with Gasteiger partial charge in [0.05, 0.1) is 5.56 Å². The summed E-state index contributed by atoms with van der Waals surface area (Å²) in [6.07, 6.45) is -6.33. The van der Waals surface area contributed by atoms with Crippen molar-refractivity contribution in [2.24, 2.45) is 0 Å². The summed E-state index contributed by atoms with van der Waals surface area (Å²) in [4.78, 5) is 22.5. The number of nitrogens with zero attached hydrogens (tertiary/aromatic N) is 1. The summed E-state index contributed by atoms with van der Waals surface area (Å²) < 4.78 is 51.9. The fourth-order valence-electron chi connectivity index (χ4n) is 2.33. The molecule has 0 unspecified atom stereocenters. The maximum absolute atomic E-state index is 13.1. The van der Waals surface area contributed by atoms with Crippen molar-refractivity contribution in [3.63, 3.8) is 0 Å². The molecule has 1 amide bonds. The van der Waals surface area contributed by atoms with E-state index >= 15 is 0 Å². The highest BCUT2D eigenvalue weighted by Gasteiger charge is 2.41. The second kappa shape index (κ2) is 6.26. The lowest BCUT2D eigenvalue weighted by molar-refractivity contribution is -0.141. The van der Waals surface area contributed by atoms with Gasteiger partial charge in [-0.15, -0.1) is 11.8 Å². The number of carboxylic acid groups (broad SMARTS) is 2. The Labute approximate surface area is 131 Å². The Morgan fingerprint density at radius 2 is 1.91 bits per heavy atom. The third-order valence-electron chi connectivity index (χ3n) is 3.33. The lowest BCUT2D eigenvalue weighted by Gasteiger charge is -2.17. The average Bonchev–Trinajstić information content (AvgIpc) is 2.84. The first kappa shape index (κ1) is 17.4. The van der Waals surface area contributed by atoms with E-state index < -0.39 is 40.9 Å². The van der Waals surface area contributed by atoms with Gasteiger partial charge in [-0.3, -0.25) is 4.90 Å². The van der Waals surface area contributed by atoms with Crippen LogP contribution in [0.4, 0.5) is 22.4 Å². The molecular weight excluding hydrogens is 342 g/mol. The van der Waals surface area contributed by atoms with Crippen molar-refractivity contribution in [3.8, 4) is 0 Å². The molecular formula is C13H11F4NO4S. The highest BCUT2D eigenvalue weighted by atomic mass is 32.2. The third-order valence-corrected chi connectivity index (χ3v) is 4.62. The number of likely N-dealkylation sites (tertiary alicyclic amines) is 1. The van der Waals surface area contributed by atoms with Crippen LogP contribution in [0.15, 0.2) is 23.1 Å². The van der Waals surface area contributed by atoms with Gasteiger partial charge in [0.1, 0.15) is 11.9 Å². The molecule has 2 N–H and O–H groups in total. The topological polar surface area (TPSA) is 77.8 Å². The van der Waals surface area contributed by atoms with Crippen molar-refractivity contribution < 1.29 is 37.4 Å². The maximum Gasteiger partial charge on any atom is 0.417 e. The van der Waals surface area contributed by atoms with Gasteiger partial charge in [0, 0.05) is 16.7 Å². The fourth-order valence-corrected chi connectivity index (χ4v) is 3.66. The van der Waals surface area contributed by atoms with Crippen LogP contribution in [-0.4, -0.2) is 45.0 Å². The Kier molecular flexibility index (Phi) is 4.73. The number of alkyl halides is 3. The highest BCUT2D eigenvalue weighted by Crippen LogP contribution is 2.41. The van der Waals surface area contributed by atoms with E-state index in [0.29, 0.717) is 22.7 Å². The Hall–Kier alpha value is -1.97. The molecule has 0 spiro atoms. The first-order chi connectivity index (χ1) is 10.6. The van der Waals surface area contributed by atoms with Crippen molar-refractivity contribution in [1.82, 2.24) is 4.90 Å². The van der Waals surface area contributed by atoms with E-state index in [2.05, 4.69) is 0 Å². The van der Waals surface area contributed by atoms with Crippen LogP contribution in [0.25, 0.3) is 0 Å². The summed E-state index contributed by atoms with van der Waals surface area (Å²) in [5.74, 6) is -2.39. The minimum Gasteiger partial charge on any atom is -0.480 e. The van der Waals surface area contributed by atoms with Gasteiger partial charge in [-0.2, -0.15) is 13.2 Å². The number of hydrogen-bond acceptors (Lipinski definition) is 3. The molecule has 1 fully saturated rings. The molecule has 23 heavy (non-hydrogen) atoms. The Balaban J connectivity index is 2.24. The number of aliphatic carboxylic acids is 1. The number of carbonyl (C=O) groups is 2. The van der Waals surface area contributed by atoms with Crippen LogP contribution >= 0.6 is 11.8 Å². The highest BCUT2D eigenvalue weighted by molar-refractivity contribution is 8.00. The number of benzene rings is 1. The predicted molar refractivity (Wildman–Crippen MR) is 71.8 cm³/mol. The van der Waals surface area contributed by atoms with Gasteiger partial charge < -0.3 is 10.2 Å². The minimum atomic E-state index is -4.76. The molecule has 0 aliphatic carbocycles. The van der Waals surface area contributed by atoms with Crippen LogP contribution in [0.1, 0.15) is 12.0 Å². The molecule has 0 aromatic heterocycles. The molecule has 1 heterocycles. The zero-order valence-electron chi connectivity index (χ0n) is 11.4. The van der Waals surface area contributed by atoms with E-state index in [-0.39, 0.29) is 17.9 Å². The van der Waals surface area contributed by atoms with E-state index in [1.54, 1.807) is 0 Å². The van der Waals surface area contributed by atoms with E-state index in [0.717, 1.165) is 12.1 Å². The van der Waals surface area contributed by atoms with Crippen molar-refractivity contribution in [3.05, 3.63) is 29.6 Å². The first-order valence-electron chi connectivity index (χ1n) is 6.35. The zero-order valence-corrected chi connectivity index (χ0v) is 12.2. The summed E-state index contributed by atoms with van der Waals surface area (Å²) >= 11 is 0.701. The summed E-state index contributed by atoms with van der Waals surface area (Å²) in [6.45, 7) is -0.217. The zero-order chi connectivity index (χ0) is 17.4. The van der Waals surface area contributed by atoms with E-state index in [9.17, 15) is 27.2 Å². The van der Waals surface area contributed by atoms with E-state index in [1.807, 2.05) is 0 Å². The van der Waals surface area contributed by atoms with E-state index in [4.69, 9.17) is 10.2 Å². The van der Waals surface area contributed by atoms with Crippen molar-refractivity contribution in [2.45, 2.75) is 28.8 Å². The lowest BCUT2D eigenvalue weighted by Crippen LogP contribution is -2.39. The van der Waals surface area contributed by atoms with Crippen molar-refractivity contribution in [1.29, 1.82) is 0 Å². The van der Waals surface area contributed by atoms with Gasteiger partial charge in [0.25, 0.3) is 0 Å². The number of amides is 1. The van der Waals surface area contributed by atoms with Gasteiger partial charge in [-0.25, -0.2) is 14.0 Å². The molecule has 1 aliphatic heterocycles. The van der Waals surface area contributed by atoms with Crippen LogP contribution in [0.2, 0.25) is 0 Å². The largest absolute Gasteiger partial charge is 0.480 e. The molecule has 126 valence electrons. The average molecular weight is 353 g/mol. The Morgan fingerprint density at radius 1 is 1.26 bits per heavy atom. The quantitative estimate of drug-likeness (QED) is 0.817. The Bertz CT molecular complexity index is 615. The number of carboxylic acids is 1. The number of rotatable bonds is 3. The normalized spacial score (nSPS) is 21.5. The van der Waals surface area contributed by atoms with Crippen LogP contribution < -0.4 is 0 Å². The second-order valence-corrected chi connectivity index (χ2v) is 6.24. The summed E-state index contributed by atoms with van der Waals surface area (Å²) in [5.41, 5.74) is -1.16. The number of thioether (sulfide) groups is 1. The predicted octanol–water partition coefficient (Wildman–Crippen LogP) is 3.14. The summed E-state index contributed by atoms with van der Waals surface area (Å²) in [6, 6.07) is 0.888. The molecule has 0 bridgehead atoms. The summed E-state index contributed by atoms with van der Waals surface area (Å²) in [5, 5.41) is 17.3. The molecule has 0 radical (unpaired) electrons. The van der Waals surface area contributed by atoms with Gasteiger partial charge >= 0.3 is 18.2 Å². The molecule has 1 saturated heterocycles. The standard InChI is InChI=1S/C13H11F4NO4S/c14-6-1-2-10(8(3-6)13(15,16)17)23-7-4-9(11(19)20)18(5-7)12(21)22/h1-3,7,9H,4-5H2,(H,19,20)(H,21,22)/t7-,9+/m1/s1. The second-order valence-electron chi connectivity index (χ2n) is 4.90. The molecule has 10 heteroatoms. The van der Waals surface area contributed by atoms with Gasteiger partial charge in [0.2, 0.25) is 0 Å². The molecule has 5 nitrogen and oxygen atoms in total. The SMILES string of the molecule is O=C(O)[C@@H]1C[C@@H](Sc2ccc(F)cc2C(F)(F)F)CN1C(=O)O. The monoisotopic (exact) mass is 353 g/mol. The maximum atomic E-state index is 13.1. The van der Waals surface area contributed by atoms with Crippen LogP contribution in [0.5, 0.6) is 0 Å². The molecule has 2 atom stereocenters. The molecule has 1 aliphatic rings. The van der Waals surface area contributed by atoms with Gasteiger partial charge in [-0.1, -0.05) is 0 Å². The first-order valence-corrected chi connectivity index (χ1v) is 7.23. The van der Waals surface area contributed by atoms with Gasteiger partial charge in [-0.05, 0) is 24.6 Å². The van der Waals surface area contributed by atoms with Crippen molar-refractivity contribution >= 4 is 23.8 Å². The molecule has 2 rings (SSSR count). The van der Waals surface area contributed by atoms with Crippen LogP contribution in [0.3, 0.4) is 0 Å². The third kappa shape index (κ3) is 3.87. The molecule has 1 aromatic carbocycles. The van der Waals surface area contributed by atoms with Crippen LogP contribution in [0, 0.1) is 5.82 Å². The Morgan fingerprint density at radius 3 is 2.39 bits per heavy atom.